The zero-order chi connectivity index (χ0) is 17.1. The van der Waals surface area contributed by atoms with Crippen molar-refractivity contribution in [2.24, 2.45) is 11.8 Å². The fraction of sp³-hybridized carbons (Fsp3) is 1.00. The summed E-state index contributed by atoms with van der Waals surface area (Å²) in [6.07, 6.45) is 13.8. The maximum absolute atomic E-state index is 6.44. The van der Waals surface area contributed by atoms with Crippen LogP contribution in [0.15, 0.2) is 0 Å². The van der Waals surface area contributed by atoms with E-state index >= 15 is 0 Å². The van der Waals surface area contributed by atoms with Crippen molar-refractivity contribution in [2.45, 2.75) is 102 Å². The standard InChI is InChI=1S/C20H40O2Si/c1-19(2,17-13-9-7-10-14-17)23(21-5,22-6)20(3,4)18-15-11-8-12-16-18/h17-18H,7-16H2,1-6H3. The van der Waals surface area contributed by atoms with Gasteiger partial charge in [0, 0.05) is 24.3 Å². The van der Waals surface area contributed by atoms with Crippen LogP contribution in [0.3, 0.4) is 0 Å². The van der Waals surface area contributed by atoms with Crippen molar-refractivity contribution in [3.05, 3.63) is 0 Å². The van der Waals surface area contributed by atoms with E-state index in [9.17, 15) is 0 Å². The normalized spacial score (nSPS) is 23.2. The summed E-state index contributed by atoms with van der Waals surface area (Å²) < 4.78 is 12.9. The second-order valence-corrected chi connectivity index (χ2v) is 13.8. The molecule has 0 amide bonds. The first kappa shape index (κ1) is 19.5. The molecular weight excluding hydrogens is 300 g/mol. The maximum Gasteiger partial charge on any atom is 0.349 e. The molecule has 2 aliphatic carbocycles. The number of hydrogen-bond donors (Lipinski definition) is 0. The minimum atomic E-state index is -2.37. The smallest absolute Gasteiger partial charge is 0.349 e. The van der Waals surface area contributed by atoms with Crippen LogP contribution in [0.25, 0.3) is 0 Å². The van der Waals surface area contributed by atoms with Crippen LogP contribution in [0.5, 0.6) is 0 Å². The van der Waals surface area contributed by atoms with Gasteiger partial charge in [-0.25, -0.2) is 0 Å². The van der Waals surface area contributed by atoms with Gasteiger partial charge in [0.25, 0.3) is 0 Å². The van der Waals surface area contributed by atoms with Crippen molar-refractivity contribution in [1.29, 1.82) is 0 Å². The molecule has 23 heavy (non-hydrogen) atoms. The molecule has 0 N–H and O–H groups in total. The summed E-state index contributed by atoms with van der Waals surface area (Å²) in [6.45, 7) is 9.86. The molecule has 0 bridgehead atoms. The molecule has 0 aromatic carbocycles. The predicted octanol–water partition coefficient (Wildman–Crippen LogP) is 6.44. The zero-order valence-corrected chi connectivity index (χ0v) is 17.5. The Labute approximate surface area is 146 Å². The van der Waals surface area contributed by atoms with Crippen LogP contribution >= 0.6 is 0 Å². The molecule has 0 heterocycles. The van der Waals surface area contributed by atoms with Crippen molar-refractivity contribution in [3.8, 4) is 0 Å². The van der Waals surface area contributed by atoms with Gasteiger partial charge >= 0.3 is 8.56 Å². The summed E-state index contributed by atoms with van der Waals surface area (Å²) in [5, 5.41) is 0.329. The number of rotatable bonds is 6. The van der Waals surface area contributed by atoms with E-state index in [-0.39, 0.29) is 10.1 Å². The van der Waals surface area contributed by atoms with Crippen molar-refractivity contribution >= 4 is 8.56 Å². The second-order valence-electron chi connectivity index (χ2n) is 9.14. The Morgan fingerprint density at radius 1 is 0.609 bits per heavy atom. The Kier molecular flexibility index (Phi) is 6.41. The van der Waals surface area contributed by atoms with Gasteiger partial charge in [0.1, 0.15) is 0 Å². The molecule has 0 aromatic heterocycles. The largest absolute Gasteiger partial charge is 0.397 e. The van der Waals surface area contributed by atoms with Crippen LogP contribution < -0.4 is 0 Å². The first-order valence-corrected chi connectivity index (χ1v) is 11.8. The van der Waals surface area contributed by atoms with Gasteiger partial charge in [-0.05, 0) is 11.8 Å². The Morgan fingerprint density at radius 2 is 0.913 bits per heavy atom. The van der Waals surface area contributed by atoms with E-state index in [4.69, 9.17) is 8.85 Å². The molecule has 0 atom stereocenters. The molecule has 136 valence electrons. The highest BCUT2D eigenvalue weighted by Crippen LogP contribution is 2.63. The van der Waals surface area contributed by atoms with Crippen LogP contribution in [-0.2, 0) is 8.85 Å². The summed E-state index contributed by atoms with van der Waals surface area (Å²) in [6, 6.07) is 0. The molecule has 0 radical (unpaired) electrons. The van der Waals surface area contributed by atoms with E-state index in [1.807, 2.05) is 14.2 Å². The van der Waals surface area contributed by atoms with Gasteiger partial charge in [-0.15, -0.1) is 0 Å². The third-order valence-corrected chi connectivity index (χ3v) is 12.9. The van der Waals surface area contributed by atoms with Gasteiger partial charge < -0.3 is 8.85 Å². The molecular formula is C20H40O2Si. The molecule has 0 aliphatic heterocycles. The fourth-order valence-electron chi connectivity index (χ4n) is 6.15. The van der Waals surface area contributed by atoms with E-state index in [0.29, 0.717) is 0 Å². The molecule has 0 spiro atoms. The van der Waals surface area contributed by atoms with Crippen LogP contribution in [0, 0.1) is 11.8 Å². The highest BCUT2D eigenvalue weighted by molar-refractivity contribution is 6.73. The molecule has 0 aromatic rings. The van der Waals surface area contributed by atoms with E-state index < -0.39 is 8.56 Å². The Hall–Kier alpha value is 0.137. The summed E-state index contributed by atoms with van der Waals surface area (Å²) in [5.74, 6) is 1.51. The summed E-state index contributed by atoms with van der Waals surface area (Å²) in [7, 11) is 1.50. The van der Waals surface area contributed by atoms with Gasteiger partial charge in [-0.3, -0.25) is 0 Å². The highest BCUT2D eigenvalue weighted by Gasteiger charge is 2.65. The van der Waals surface area contributed by atoms with Crippen molar-refractivity contribution in [1.82, 2.24) is 0 Å². The zero-order valence-electron chi connectivity index (χ0n) is 16.5. The average molecular weight is 341 g/mol. The lowest BCUT2D eigenvalue weighted by molar-refractivity contribution is 0.116. The Balaban J connectivity index is 2.35. The van der Waals surface area contributed by atoms with E-state index in [1.54, 1.807) is 0 Å². The van der Waals surface area contributed by atoms with Crippen molar-refractivity contribution in [2.75, 3.05) is 14.2 Å². The molecule has 0 saturated heterocycles. The first-order valence-electron chi connectivity index (χ1n) is 9.94. The van der Waals surface area contributed by atoms with E-state index in [2.05, 4.69) is 27.7 Å². The van der Waals surface area contributed by atoms with Gasteiger partial charge in [0.15, 0.2) is 0 Å². The lowest BCUT2D eigenvalue weighted by atomic mass is 9.80. The third-order valence-electron chi connectivity index (χ3n) is 7.52. The summed E-state index contributed by atoms with van der Waals surface area (Å²) in [4.78, 5) is 0. The topological polar surface area (TPSA) is 18.5 Å². The SMILES string of the molecule is CO[Si](OC)(C(C)(C)C1CCCCC1)C(C)(C)C1CCCCC1. The van der Waals surface area contributed by atoms with Gasteiger partial charge in [-0.1, -0.05) is 91.9 Å². The predicted molar refractivity (Wildman–Crippen MR) is 101 cm³/mol. The monoisotopic (exact) mass is 340 g/mol. The van der Waals surface area contributed by atoms with E-state index in [1.165, 1.54) is 64.2 Å². The molecule has 0 unspecified atom stereocenters. The maximum atomic E-state index is 6.44. The summed E-state index contributed by atoms with van der Waals surface area (Å²) >= 11 is 0. The molecule has 2 rings (SSSR count). The lowest BCUT2D eigenvalue weighted by Gasteiger charge is -2.57. The quantitative estimate of drug-likeness (QED) is 0.518. The summed E-state index contributed by atoms with van der Waals surface area (Å²) in [5.41, 5.74) is 0. The second kappa shape index (κ2) is 7.57. The molecule has 2 nitrogen and oxygen atoms in total. The highest BCUT2D eigenvalue weighted by atomic mass is 28.4. The van der Waals surface area contributed by atoms with Crippen LogP contribution in [0.1, 0.15) is 91.9 Å². The van der Waals surface area contributed by atoms with E-state index in [0.717, 1.165) is 11.8 Å². The molecule has 2 aliphatic rings. The van der Waals surface area contributed by atoms with Crippen LogP contribution in [0.2, 0.25) is 10.1 Å². The van der Waals surface area contributed by atoms with Crippen LogP contribution in [0.4, 0.5) is 0 Å². The Bertz CT molecular complexity index is 330. The first-order chi connectivity index (χ1) is 10.8. The molecule has 2 fully saturated rings. The Morgan fingerprint density at radius 3 is 1.17 bits per heavy atom. The lowest BCUT2D eigenvalue weighted by Crippen LogP contribution is -2.62. The van der Waals surface area contributed by atoms with Gasteiger partial charge in [0.05, 0.1) is 0 Å². The minimum Gasteiger partial charge on any atom is -0.397 e. The molecule has 3 heteroatoms. The number of hydrogen-bond acceptors (Lipinski definition) is 2. The minimum absolute atomic E-state index is 0.165. The molecule has 2 saturated carbocycles. The van der Waals surface area contributed by atoms with Gasteiger partial charge in [0.2, 0.25) is 0 Å². The van der Waals surface area contributed by atoms with Crippen LogP contribution in [-0.4, -0.2) is 22.8 Å². The third kappa shape index (κ3) is 3.30. The fourth-order valence-corrected chi connectivity index (χ4v) is 11.7. The van der Waals surface area contributed by atoms with Crippen molar-refractivity contribution in [3.63, 3.8) is 0 Å². The van der Waals surface area contributed by atoms with Crippen molar-refractivity contribution < 1.29 is 8.85 Å². The van der Waals surface area contributed by atoms with Gasteiger partial charge in [-0.2, -0.15) is 0 Å². The average Bonchev–Trinajstić information content (AvgIpc) is 2.57.